The average Bonchev–Trinajstić information content (AvgIpc) is 3.26. The van der Waals surface area contributed by atoms with E-state index in [1.807, 2.05) is 67.6 Å². The van der Waals surface area contributed by atoms with E-state index in [0.717, 1.165) is 16.8 Å². The minimum atomic E-state index is -0.868. The number of pyridine rings is 1. The Hall–Kier alpha value is -3.51. The maximum atomic E-state index is 13.5. The number of fused-ring (bicyclic) bond motifs is 1. The number of aryl methyl sites for hydroxylation is 1. The smallest absolute Gasteiger partial charge is 0.266 e. The first kappa shape index (κ1) is 17.6. The molecule has 2 aromatic carbocycles. The van der Waals surface area contributed by atoms with Crippen LogP contribution in [-0.2, 0) is 14.4 Å². The maximum absolute atomic E-state index is 13.5. The lowest BCUT2D eigenvalue weighted by Crippen LogP contribution is -2.37. The third-order valence-electron chi connectivity index (χ3n) is 5.51. The summed E-state index contributed by atoms with van der Waals surface area (Å²) in [7, 11) is 0. The third-order valence-corrected chi connectivity index (χ3v) is 5.51. The molecular formula is C23H19N3O3. The number of hydroxylamine groups is 1. The number of nitrogens with zero attached hydrogens (tertiary/aromatic N) is 3. The lowest BCUT2D eigenvalue weighted by atomic mass is 9.91. The Bertz CT molecular complexity index is 1070. The quantitative estimate of drug-likeness (QED) is 0.647. The van der Waals surface area contributed by atoms with Gasteiger partial charge >= 0.3 is 0 Å². The van der Waals surface area contributed by atoms with Gasteiger partial charge in [-0.2, -0.15) is 0 Å². The molecule has 5 rings (SSSR count). The van der Waals surface area contributed by atoms with Gasteiger partial charge in [-0.15, -0.1) is 0 Å². The summed E-state index contributed by atoms with van der Waals surface area (Å²) < 4.78 is 0. The summed E-state index contributed by atoms with van der Waals surface area (Å²) in [6, 6.07) is 20.2. The van der Waals surface area contributed by atoms with Crippen LogP contribution in [0.2, 0.25) is 0 Å². The van der Waals surface area contributed by atoms with E-state index in [2.05, 4.69) is 4.98 Å². The molecule has 0 bridgehead atoms. The normalized spacial score (nSPS) is 23.6. The largest absolute Gasteiger partial charge is 0.273 e. The van der Waals surface area contributed by atoms with Gasteiger partial charge in [0.2, 0.25) is 5.91 Å². The third kappa shape index (κ3) is 2.72. The Kier molecular flexibility index (Phi) is 4.14. The highest BCUT2D eigenvalue weighted by Crippen LogP contribution is 2.47. The van der Waals surface area contributed by atoms with E-state index in [-0.39, 0.29) is 11.8 Å². The molecule has 2 fully saturated rings. The van der Waals surface area contributed by atoms with Crippen LogP contribution in [0, 0.1) is 12.8 Å². The van der Waals surface area contributed by atoms with Crippen LogP contribution in [0.5, 0.6) is 0 Å². The topological polar surface area (TPSA) is 62.7 Å². The molecule has 6 nitrogen and oxygen atoms in total. The van der Waals surface area contributed by atoms with Crippen molar-refractivity contribution >= 4 is 23.2 Å². The fraction of sp³-hybridized carbons (Fsp3) is 0.174. The molecule has 2 aliphatic rings. The summed E-state index contributed by atoms with van der Waals surface area (Å²) in [5, 5.41) is 1.68. The minimum absolute atomic E-state index is 0.249. The maximum Gasteiger partial charge on any atom is 0.266 e. The molecule has 2 aliphatic heterocycles. The van der Waals surface area contributed by atoms with Crippen LogP contribution in [0.3, 0.4) is 0 Å². The van der Waals surface area contributed by atoms with Crippen LogP contribution in [0.1, 0.15) is 17.2 Å². The van der Waals surface area contributed by atoms with Crippen LogP contribution in [0.15, 0.2) is 79.1 Å². The molecule has 0 aliphatic carbocycles. The van der Waals surface area contributed by atoms with Crippen molar-refractivity contribution in [3.05, 3.63) is 90.3 Å². The molecule has 2 amide bonds. The Balaban J connectivity index is 1.60. The van der Waals surface area contributed by atoms with Crippen molar-refractivity contribution in [3.63, 3.8) is 0 Å². The number of anilines is 2. The molecule has 0 N–H and O–H groups in total. The first-order valence-electron chi connectivity index (χ1n) is 9.51. The van der Waals surface area contributed by atoms with Gasteiger partial charge in [-0.25, -0.2) is 9.96 Å². The van der Waals surface area contributed by atoms with Crippen molar-refractivity contribution in [2.24, 2.45) is 5.92 Å². The number of amides is 2. The summed E-state index contributed by atoms with van der Waals surface area (Å²) in [6.07, 6.45) is 2.54. The zero-order valence-electron chi connectivity index (χ0n) is 15.8. The van der Waals surface area contributed by atoms with Gasteiger partial charge in [-0.3, -0.25) is 19.4 Å². The van der Waals surface area contributed by atoms with E-state index >= 15 is 0 Å². The highest BCUT2D eigenvalue weighted by atomic mass is 16.7. The van der Waals surface area contributed by atoms with Gasteiger partial charge in [-0.05, 0) is 42.3 Å². The number of hydrogen-bond acceptors (Lipinski definition) is 5. The second-order valence-electron chi connectivity index (χ2n) is 7.24. The van der Waals surface area contributed by atoms with Gasteiger partial charge in [0.05, 0.1) is 17.4 Å². The van der Waals surface area contributed by atoms with Crippen molar-refractivity contribution in [2.45, 2.75) is 19.1 Å². The molecule has 144 valence electrons. The van der Waals surface area contributed by atoms with E-state index in [0.29, 0.717) is 5.69 Å². The molecular weight excluding hydrogens is 366 g/mol. The van der Waals surface area contributed by atoms with E-state index < -0.39 is 18.1 Å². The number of benzene rings is 2. The molecule has 0 spiro atoms. The van der Waals surface area contributed by atoms with Gasteiger partial charge in [0.1, 0.15) is 5.92 Å². The van der Waals surface area contributed by atoms with Gasteiger partial charge in [-0.1, -0.05) is 42.5 Å². The standard InChI is InChI=1S/C23H19N3O3/c1-15-8-5-6-12-18(15)25-22(27)19-20(16-9-7-13-24-14-16)26(29-21(19)23(25)28)17-10-3-2-4-11-17/h2-14,19-21H,1H3/t19-,20-,21-/m1/s1. The molecule has 3 atom stereocenters. The van der Waals surface area contributed by atoms with Gasteiger partial charge in [0.25, 0.3) is 5.91 Å². The number of carbonyl (C=O) groups excluding carboxylic acids is 2. The average molecular weight is 385 g/mol. The van der Waals surface area contributed by atoms with Crippen LogP contribution < -0.4 is 9.96 Å². The molecule has 0 radical (unpaired) electrons. The number of rotatable bonds is 3. The van der Waals surface area contributed by atoms with Crippen molar-refractivity contribution in [1.82, 2.24) is 4.98 Å². The molecule has 29 heavy (non-hydrogen) atoms. The molecule has 1 aromatic heterocycles. The highest BCUT2D eigenvalue weighted by Gasteiger charge is 2.60. The van der Waals surface area contributed by atoms with Crippen molar-refractivity contribution in [3.8, 4) is 0 Å². The molecule has 3 heterocycles. The number of carbonyl (C=O) groups is 2. The molecule has 3 aromatic rings. The molecule has 2 saturated heterocycles. The lowest BCUT2D eigenvalue weighted by molar-refractivity contribution is -0.126. The second-order valence-corrected chi connectivity index (χ2v) is 7.24. The number of para-hydroxylation sites is 2. The van der Waals surface area contributed by atoms with Crippen LogP contribution in [-0.4, -0.2) is 22.9 Å². The summed E-state index contributed by atoms with van der Waals surface area (Å²) in [5.41, 5.74) is 3.10. The number of aromatic nitrogens is 1. The van der Waals surface area contributed by atoms with Crippen molar-refractivity contribution in [2.75, 3.05) is 9.96 Å². The second kappa shape index (κ2) is 6.83. The minimum Gasteiger partial charge on any atom is -0.273 e. The zero-order chi connectivity index (χ0) is 20.0. The summed E-state index contributed by atoms with van der Waals surface area (Å²) in [6.45, 7) is 1.89. The van der Waals surface area contributed by atoms with Gasteiger partial charge in [0, 0.05) is 12.4 Å². The predicted molar refractivity (Wildman–Crippen MR) is 108 cm³/mol. The summed E-state index contributed by atoms with van der Waals surface area (Å²) in [4.78, 5) is 38.3. The number of hydrogen-bond donors (Lipinski definition) is 0. The zero-order valence-corrected chi connectivity index (χ0v) is 15.8. The summed E-state index contributed by atoms with van der Waals surface area (Å²) >= 11 is 0. The molecule has 6 heteroatoms. The van der Waals surface area contributed by atoms with E-state index in [4.69, 9.17) is 4.84 Å². The van der Waals surface area contributed by atoms with E-state index in [1.54, 1.807) is 23.5 Å². The van der Waals surface area contributed by atoms with E-state index in [9.17, 15) is 9.59 Å². The van der Waals surface area contributed by atoms with Crippen LogP contribution in [0.25, 0.3) is 0 Å². The van der Waals surface area contributed by atoms with Gasteiger partial charge in [0.15, 0.2) is 6.10 Å². The van der Waals surface area contributed by atoms with Crippen molar-refractivity contribution in [1.29, 1.82) is 0 Å². The first-order chi connectivity index (χ1) is 14.2. The molecule has 0 saturated carbocycles. The molecule has 0 unspecified atom stereocenters. The van der Waals surface area contributed by atoms with Crippen LogP contribution >= 0.6 is 0 Å². The van der Waals surface area contributed by atoms with Gasteiger partial charge < -0.3 is 0 Å². The lowest BCUT2D eigenvalue weighted by Gasteiger charge is -2.28. The predicted octanol–water partition coefficient (Wildman–Crippen LogP) is 3.44. The van der Waals surface area contributed by atoms with Crippen molar-refractivity contribution < 1.29 is 14.4 Å². The highest BCUT2D eigenvalue weighted by molar-refractivity contribution is 6.24. The first-order valence-corrected chi connectivity index (χ1v) is 9.51. The van der Waals surface area contributed by atoms with Crippen LogP contribution in [0.4, 0.5) is 11.4 Å². The number of imide groups is 1. The fourth-order valence-electron chi connectivity index (χ4n) is 4.15. The Morgan fingerprint density at radius 2 is 1.66 bits per heavy atom. The Morgan fingerprint density at radius 1 is 0.897 bits per heavy atom. The summed E-state index contributed by atoms with van der Waals surface area (Å²) in [5.74, 6) is -1.23. The fourth-order valence-corrected chi connectivity index (χ4v) is 4.15. The monoisotopic (exact) mass is 385 g/mol. The Labute approximate surface area is 168 Å². The van der Waals surface area contributed by atoms with E-state index in [1.165, 1.54) is 4.90 Å². The SMILES string of the molecule is Cc1ccccc1N1C(=O)[C@@H]2[C@@H](c3cccnc3)N(c3ccccc3)O[C@H]2C1=O. The Morgan fingerprint density at radius 3 is 2.38 bits per heavy atom.